The number of urea groups is 1. The molecule has 3 heterocycles. The van der Waals surface area contributed by atoms with Crippen LogP contribution < -0.4 is 20.7 Å². The molecule has 2 atom stereocenters. The summed E-state index contributed by atoms with van der Waals surface area (Å²) in [5, 5.41) is 11.6. The largest absolute Gasteiger partial charge is 0.473 e. The van der Waals surface area contributed by atoms with Gasteiger partial charge in [0.25, 0.3) is 0 Å². The van der Waals surface area contributed by atoms with E-state index >= 15 is 0 Å². The zero-order valence-electron chi connectivity index (χ0n) is 16.1. The van der Waals surface area contributed by atoms with E-state index in [-0.39, 0.29) is 6.10 Å². The highest BCUT2D eigenvalue weighted by atomic mass is 32.1. The van der Waals surface area contributed by atoms with E-state index < -0.39 is 6.03 Å². The van der Waals surface area contributed by atoms with Crippen molar-refractivity contribution in [3.8, 4) is 16.5 Å². The predicted octanol–water partition coefficient (Wildman–Crippen LogP) is 4.37. The lowest BCUT2D eigenvalue weighted by Crippen LogP contribution is -2.36. The number of carbonyl (C=O) groups excluding carboxylic acids is 1. The smallest absolute Gasteiger partial charge is 0.326 e. The van der Waals surface area contributed by atoms with Crippen LogP contribution in [0.5, 0.6) is 5.88 Å². The number of thiazole rings is 1. The monoisotopic (exact) mass is 409 g/mol. The zero-order chi connectivity index (χ0) is 20.1. The van der Waals surface area contributed by atoms with Crippen molar-refractivity contribution in [3.63, 3.8) is 0 Å². The third-order valence-electron chi connectivity index (χ3n) is 4.70. The fourth-order valence-corrected chi connectivity index (χ4v) is 4.00. The molecule has 2 unspecified atom stereocenters. The van der Waals surface area contributed by atoms with E-state index in [1.54, 1.807) is 12.1 Å². The van der Waals surface area contributed by atoms with Gasteiger partial charge < -0.3 is 10.1 Å². The molecule has 150 valence electrons. The minimum atomic E-state index is -0.398. The van der Waals surface area contributed by atoms with Crippen molar-refractivity contribution in [1.29, 1.82) is 0 Å². The summed E-state index contributed by atoms with van der Waals surface area (Å²) in [6.45, 7) is 3.06. The highest BCUT2D eigenvalue weighted by molar-refractivity contribution is 7.13. The van der Waals surface area contributed by atoms with E-state index in [2.05, 4.69) is 25.9 Å². The minimum absolute atomic E-state index is 0.0143. The van der Waals surface area contributed by atoms with Gasteiger partial charge in [0.1, 0.15) is 22.7 Å². The van der Waals surface area contributed by atoms with Crippen LogP contribution in [0.1, 0.15) is 19.8 Å². The van der Waals surface area contributed by atoms with Crippen molar-refractivity contribution in [2.75, 3.05) is 17.2 Å². The Morgan fingerprint density at radius 1 is 1.14 bits per heavy atom. The average Bonchev–Trinajstić information content (AvgIpc) is 3.41. The molecule has 0 aliphatic carbocycles. The number of amides is 2. The lowest BCUT2D eigenvalue weighted by molar-refractivity contribution is 0.173. The third kappa shape index (κ3) is 5.10. The Morgan fingerprint density at radius 2 is 1.97 bits per heavy atom. The number of pyridine rings is 1. The fourth-order valence-electron chi connectivity index (χ4n) is 3.24. The van der Waals surface area contributed by atoms with Gasteiger partial charge in [-0.05, 0) is 32.4 Å². The Hall–Kier alpha value is -2.97. The van der Waals surface area contributed by atoms with E-state index in [9.17, 15) is 4.79 Å². The van der Waals surface area contributed by atoms with E-state index in [0.29, 0.717) is 23.6 Å². The van der Waals surface area contributed by atoms with Crippen LogP contribution in [0, 0.1) is 0 Å². The lowest BCUT2D eigenvalue weighted by Gasteiger charge is -2.20. The van der Waals surface area contributed by atoms with Gasteiger partial charge in [-0.15, -0.1) is 11.3 Å². The molecule has 3 aromatic rings. The van der Waals surface area contributed by atoms with Crippen LogP contribution >= 0.6 is 11.3 Å². The molecule has 2 aromatic heterocycles. The van der Waals surface area contributed by atoms with Crippen molar-refractivity contribution in [2.45, 2.75) is 31.9 Å². The number of nitrogens with zero attached hydrogens (tertiary/aromatic N) is 2. The molecule has 4 rings (SSSR count). The van der Waals surface area contributed by atoms with Gasteiger partial charge >= 0.3 is 6.03 Å². The number of anilines is 2. The van der Waals surface area contributed by atoms with Crippen molar-refractivity contribution in [1.82, 2.24) is 15.3 Å². The van der Waals surface area contributed by atoms with Crippen molar-refractivity contribution < 1.29 is 9.53 Å². The molecule has 0 radical (unpaired) electrons. The maximum Gasteiger partial charge on any atom is 0.326 e. The zero-order valence-corrected chi connectivity index (χ0v) is 16.9. The number of nitrogens with one attached hydrogen (secondary N) is 3. The Bertz CT molecular complexity index is 956. The molecule has 0 spiro atoms. The highest BCUT2D eigenvalue weighted by Gasteiger charge is 2.22. The Morgan fingerprint density at radius 3 is 2.76 bits per heavy atom. The number of aromatic nitrogens is 2. The molecule has 1 fully saturated rings. The SMILES string of the molecule is CC(Oc1cccc(NC(=O)Nc2csc(-c3ccccc3)n2)n1)C1CCCN1. The van der Waals surface area contributed by atoms with E-state index in [1.807, 2.05) is 48.7 Å². The van der Waals surface area contributed by atoms with Crippen LogP contribution in [-0.4, -0.2) is 34.7 Å². The second kappa shape index (κ2) is 9.02. The van der Waals surface area contributed by atoms with Gasteiger partial charge in [0.05, 0.1) is 0 Å². The lowest BCUT2D eigenvalue weighted by atomic mass is 10.1. The predicted molar refractivity (Wildman–Crippen MR) is 116 cm³/mol. The Kier molecular flexibility index (Phi) is 6.02. The van der Waals surface area contributed by atoms with Gasteiger partial charge in [-0.25, -0.2) is 9.78 Å². The summed E-state index contributed by atoms with van der Waals surface area (Å²) in [5.41, 5.74) is 1.02. The Labute approximate surface area is 173 Å². The van der Waals surface area contributed by atoms with E-state index in [1.165, 1.54) is 11.3 Å². The number of hydrogen-bond donors (Lipinski definition) is 3. The first-order valence-electron chi connectivity index (χ1n) is 9.63. The molecule has 1 aromatic carbocycles. The van der Waals surface area contributed by atoms with Crippen LogP contribution in [0.2, 0.25) is 0 Å². The van der Waals surface area contributed by atoms with Crippen molar-refractivity contribution >= 4 is 29.0 Å². The number of benzene rings is 1. The number of carbonyl (C=O) groups is 1. The molecule has 7 nitrogen and oxygen atoms in total. The summed E-state index contributed by atoms with van der Waals surface area (Å²) in [4.78, 5) is 21.2. The van der Waals surface area contributed by atoms with Gasteiger partial charge in [0.15, 0.2) is 0 Å². The summed E-state index contributed by atoms with van der Waals surface area (Å²) < 4.78 is 5.94. The fraction of sp³-hybridized carbons (Fsp3) is 0.286. The summed E-state index contributed by atoms with van der Waals surface area (Å²) in [6.07, 6.45) is 2.27. The average molecular weight is 410 g/mol. The molecule has 8 heteroatoms. The molecular weight excluding hydrogens is 386 g/mol. The second-order valence-corrected chi connectivity index (χ2v) is 7.73. The van der Waals surface area contributed by atoms with E-state index in [0.717, 1.165) is 30.0 Å². The molecule has 3 N–H and O–H groups in total. The number of rotatable bonds is 6. The normalized spacial score (nSPS) is 16.9. The van der Waals surface area contributed by atoms with Gasteiger partial charge in [-0.2, -0.15) is 4.98 Å². The molecule has 2 amide bonds. The highest BCUT2D eigenvalue weighted by Crippen LogP contribution is 2.25. The first-order chi connectivity index (χ1) is 14.2. The van der Waals surface area contributed by atoms with Gasteiger partial charge in [-0.1, -0.05) is 36.4 Å². The van der Waals surface area contributed by atoms with Crippen molar-refractivity contribution in [3.05, 3.63) is 53.9 Å². The first-order valence-corrected chi connectivity index (χ1v) is 10.5. The maximum absolute atomic E-state index is 12.3. The maximum atomic E-state index is 12.3. The Balaban J connectivity index is 1.34. The summed E-state index contributed by atoms with van der Waals surface area (Å²) in [6, 6.07) is 15.1. The van der Waals surface area contributed by atoms with Crippen molar-refractivity contribution in [2.24, 2.45) is 0 Å². The second-order valence-electron chi connectivity index (χ2n) is 6.87. The van der Waals surface area contributed by atoms with Crippen LogP contribution in [0.15, 0.2) is 53.9 Å². The molecular formula is C21H23N5O2S. The van der Waals surface area contributed by atoms with E-state index in [4.69, 9.17) is 4.74 Å². The molecule has 1 aliphatic rings. The van der Waals surface area contributed by atoms with Gasteiger partial charge in [0.2, 0.25) is 5.88 Å². The van der Waals surface area contributed by atoms with Crippen LogP contribution in [-0.2, 0) is 0 Å². The van der Waals surface area contributed by atoms with Gasteiger partial charge in [-0.3, -0.25) is 10.6 Å². The number of hydrogen-bond acceptors (Lipinski definition) is 6. The van der Waals surface area contributed by atoms with Crippen LogP contribution in [0.4, 0.5) is 16.4 Å². The topological polar surface area (TPSA) is 88.2 Å². The molecule has 0 saturated carbocycles. The van der Waals surface area contributed by atoms with Crippen LogP contribution in [0.25, 0.3) is 10.6 Å². The minimum Gasteiger partial charge on any atom is -0.473 e. The van der Waals surface area contributed by atoms with Crippen LogP contribution in [0.3, 0.4) is 0 Å². The number of ether oxygens (including phenoxy) is 1. The van der Waals surface area contributed by atoms with Gasteiger partial charge in [0, 0.05) is 23.1 Å². The first kappa shape index (κ1) is 19.4. The summed E-state index contributed by atoms with van der Waals surface area (Å²) >= 11 is 1.48. The summed E-state index contributed by atoms with van der Waals surface area (Å²) in [5.74, 6) is 1.41. The molecule has 29 heavy (non-hydrogen) atoms. The third-order valence-corrected chi connectivity index (χ3v) is 5.59. The quantitative estimate of drug-likeness (QED) is 0.563. The summed E-state index contributed by atoms with van der Waals surface area (Å²) in [7, 11) is 0. The molecule has 0 bridgehead atoms. The standard InChI is InChI=1S/C21H23N5O2S/c1-14(16-9-6-12-22-16)28-19-11-5-10-17(23-19)25-21(27)26-18-13-29-20(24-18)15-7-3-2-4-8-15/h2-5,7-8,10-11,13-14,16,22H,6,9,12H2,1H3,(H2,23,25,26,27). The molecule has 1 saturated heterocycles. The molecule has 1 aliphatic heterocycles.